The number of rotatable bonds is 4. The van der Waals surface area contributed by atoms with Crippen LogP contribution in [0.5, 0.6) is 0 Å². The van der Waals surface area contributed by atoms with Gasteiger partial charge in [-0.1, -0.05) is 79.7 Å². The van der Waals surface area contributed by atoms with E-state index >= 15 is 0 Å². The minimum absolute atomic E-state index is 0.320. The highest BCUT2D eigenvalue weighted by atomic mass is 15.2. The lowest BCUT2D eigenvalue weighted by atomic mass is 9.87. The smallest absolute Gasteiger partial charge is 0.238 e. The van der Waals surface area contributed by atoms with Crippen LogP contribution < -0.4 is 0 Å². The van der Waals surface area contributed by atoms with E-state index in [4.69, 9.17) is 15.0 Å². The molecule has 0 aliphatic heterocycles. The van der Waals surface area contributed by atoms with E-state index in [-0.39, 0.29) is 0 Å². The Balaban J connectivity index is 1.29. The Morgan fingerprint density at radius 3 is 1.96 bits per heavy atom. The first kappa shape index (κ1) is 27.2. The fourth-order valence-corrected chi connectivity index (χ4v) is 8.40. The summed E-state index contributed by atoms with van der Waals surface area (Å²) in [6.45, 7) is 2.26. The van der Waals surface area contributed by atoms with Crippen LogP contribution in [0, 0.1) is 5.92 Å². The highest BCUT2D eigenvalue weighted by molar-refractivity contribution is 6.26. The van der Waals surface area contributed by atoms with E-state index in [1.165, 1.54) is 60.5 Å². The third-order valence-electron chi connectivity index (χ3n) is 11.2. The predicted molar refractivity (Wildman–Crippen MR) is 200 cm³/mol. The molecule has 0 saturated heterocycles. The van der Waals surface area contributed by atoms with Crippen molar-refractivity contribution in [1.82, 2.24) is 24.1 Å². The second-order valence-corrected chi connectivity index (χ2v) is 14.0. The second kappa shape index (κ2) is 10.1. The van der Waals surface area contributed by atoms with Gasteiger partial charge in [-0.25, -0.2) is 4.98 Å². The van der Waals surface area contributed by atoms with Crippen molar-refractivity contribution in [2.24, 2.45) is 5.92 Å². The van der Waals surface area contributed by atoms with E-state index in [1.807, 2.05) is 6.07 Å². The fourth-order valence-electron chi connectivity index (χ4n) is 8.40. The van der Waals surface area contributed by atoms with Crippen LogP contribution in [0.15, 0.2) is 115 Å². The zero-order chi connectivity index (χ0) is 32.2. The number of aromatic nitrogens is 5. The summed E-state index contributed by atoms with van der Waals surface area (Å²) < 4.78 is 4.82. The molecule has 5 nitrogen and oxygen atoms in total. The maximum absolute atomic E-state index is 5.31. The van der Waals surface area contributed by atoms with E-state index in [0.717, 1.165) is 60.1 Å². The normalized spacial score (nSPS) is 16.5. The van der Waals surface area contributed by atoms with Gasteiger partial charge in [0.2, 0.25) is 5.95 Å². The summed E-state index contributed by atoms with van der Waals surface area (Å²) in [6, 6.07) is 35.6. The Kier molecular flexibility index (Phi) is 5.60. The van der Waals surface area contributed by atoms with Crippen molar-refractivity contribution in [1.29, 1.82) is 0 Å². The molecule has 0 amide bonds. The van der Waals surface area contributed by atoms with E-state index in [1.54, 1.807) is 0 Å². The molecule has 49 heavy (non-hydrogen) atoms. The molecule has 3 aliphatic rings. The van der Waals surface area contributed by atoms with Gasteiger partial charge in [-0.15, -0.1) is 0 Å². The largest absolute Gasteiger partial charge is 0.309 e. The third-order valence-corrected chi connectivity index (χ3v) is 11.2. The summed E-state index contributed by atoms with van der Waals surface area (Å²) in [6.07, 6.45) is 12.0. The van der Waals surface area contributed by atoms with Gasteiger partial charge in [0.1, 0.15) is 0 Å². The Labute approximate surface area is 283 Å². The maximum Gasteiger partial charge on any atom is 0.238 e. The summed E-state index contributed by atoms with van der Waals surface area (Å²) in [7, 11) is 0. The van der Waals surface area contributed by atoms with Crippen molar-refractivity contribution in [2.45, 2.75) is 39.0 Å². The number of hydrogen-bond acceptors (Lipinski definition) is 3. The summed E-state index contributed by atoms with van der Waals surface area (Å²) in [5.74, 6) is 2.42. The summed E-state index contributed by atoms with van der Waals surface area (Å²) in [5, 5.41) is 5.12. The van der Waals surface area contributed by atoms with E-state index in [2.05, 4.69) is 125 Å². The van der Waals surface area contributed by atoms with Crippen molar-refractivity contribution >= 4 is 49.2 Å². The Hall–Kier alpha value is -5.81. The van der Waals surface area contributed by atoms with Gasteiger partial charge in [-0.2, -0.15) is 9.97 Å². The molecule has 5 heteroatoms. The molecule has 11 rings (SSSR count). The molecule has 234 valence electrons. The predicted octanol–water partition coefficient (Wildman–Crippen LogP) is 9.91. The first-order valence-electron chi connectivity index (χ1n) is 17.5. The first-order chi connectivity index (χ1) is 24.2. The molecular formula is C44H33N5. The molecule has 0 N–H and O–H groups in total. The first-order valence-corrected chi connectivity index (χ1v) is 17.5. The van der Waals surface area contributed by atoms with Gasteiger partial charge in [-0.3, -0.25) is 4.57 Å². The number of allylic oxidation sites excluding steroid dienone is 4. The van der Waals surface area contributed by atoms with Crippen LogP contribution in [0.1, 0.15) is 41.4 Å². The van der Waals surface area contributed by atoms with Crippen molar-refractivity contribution in [3.63, 3.8) is 0 Å². The van der Waals surface area contributed by atoms with Crippen LogP contribution in [-0.4, -0.2) is 24.1 Å². The lowest BCUT2D eigenvalue weighted by molar-refractivity contribution is 0.744. The van der Waals surface area contributed by atoms with Gasteiger partial charge in [0.05, 0.1) is 22.1 Å². The standard InChI is InChI=1S/C44H33N5/c1-26-10-8-9-15-33(26)43-45-42(27-11-4-2-5-12-27)46-44(47-43)49-37-21-20-34-35-22-28-16-18-30(28)24-38(35)48(32-13-6-3-7-14-32)41(34)40(37)36-23-29-17-19-31(29)25-39(36)49/h2-9,11-15,20-26H,10,16-19H2,1H3. The number of nitrogens with zero attached hydrogens (tertiary/aromatic N) is 5. The monoisotopic (exact) mass is 631 g/mol. The van der Waals surface area contributed by atoms with Crippen molar-refractivity contribution in [2.75, 3.05) is 0 Å². The number of benzene rings is 5. The number of fused-ring (bicyclic) bond motifs is 9. The highest BCUT2D eigenvalue weighted by Gasteiger charge is 2.27. The molecule has 3 aromatic heterocycles. The van der Waals surface area contributed by atoms with Crippen molar-refractivity contribution in [3.05, 3.63) is 143 Å². The molecule has 0 bridgehead atoms. The summed E-state index contributed by atoms with van der Waals surface area (Å²) >= 11 is 0. The Morgan fingerprint density at radius 2 is 1.24 bits per heavy atom. The average molecular weight is 632 g/mol. The minimum Gasteiger partial charge on any atom is -0.309 e. The second-order valence-electron chi connectivity index (χ2n) is 14.0. The van der Waals surface area contributed by atoms with Crippen LogP contribution in [0.2, 0.25) is 0 Å². The van der Waals surface area contributed by atoms with Crippen LogP contribution >= 0.6 is 0 Å². The molecule has 0 spiro atoms. The fraction of sp³-hybridized carbons (Fsp3) is 0.159. The van der Waals surface area contributed by atoms with Gasteiger partial charge < -0.3 is 4.57 Å². The lowest BCUT2D eigenvalue weighted by Crippen LogP contribution is -2.12. The molecule has 0 fully saturated rings. The number of aryl methyl sites for hydroxylation is 4. The zero-order valence-electron chi connectivity index (χ0n) is 27.3. The average Bonchev–Trinajstić information content (AvgIpc) is 3.62. The molecular weight excluding hydrogens is 599 g/mol. The molecule has 3 aliphatic carbocycles. The van der Waals surface area contributed by atoms with Gasteiger partial charge in [0.15, 0.2) is 11.6 Å². The molecule has 0 radical (unpaired) electrons. The van der Waals surface area contributed by atoms with Crippen LogP contribution in [0.4, 0.5) is 0 Å². The quantitative estimate of drug-likeness (QED) is 0.194. The van der Waals surface area contributed by atoms with Crippen LogP contribution in [-0.2, 0) is 25.7 Å². The van der Waals surface area contributed by atoms with Gasteiger partial charge >= 0.3 is 0 Å². The molecule has 3 heterocycles. The summed E-state index contributed by atoms with van der Waals surface area (Å²) in [5.41, 5.74) is 13.9. The van der Waals surface area contributed by atoms with Crippen molar-refractivity contribution in [3.8, 4) is 23.0 Å². The minimum atomic E-state index is 0.320. The molecule has 5 aromatic carbocycles. The Bertz CT molecular complexity index is 2740. The maximum atomic E-state index is 5.31. The van der Waals surface area contributed by atoms with E-state index in [9.17, 15) is 0 Å². The molecule has 1 unspecified atom stereocenters. The third kappa shape index (κ3) is 3.90. The highest BCUT2D eigenvalue weighted by Crippen LogP contribution is 2.45. The Morgan fingerprint density at radius 1 is 0.592 bits per heavy atom. The van der Waals surface area contributed by atoms with Crippen molar-refractivity contribution < 1.29 is 0 Å². The summed E-state index contributed by atoms with van der Waals surface area (Å²) in [4.78, 5) is 15.7. The molecule has 8 aromatic rings. The molecule has 0 saturated carbocycles. The zero-order valence-corrected chi connectivity index (χ0v) is 27.3. The van der Waals surface area contributed by atoms with E-state index < -0.39 is 0 Å². The SMILES string of the molecule is CC1CC=CC=C1c1nc(-c2ccccc2)nc(-n2c3cc4c(cc3c3c2ccc2c5cc6c(cc5n(-c5ccccc5)c23)CC6)CC4)n1. The lowest BCUT2D eigenvalue weighted by Gasteiger charge is -2.20. The number of hydrogen-bond donors (Lipinski definition) is 0. The van der Waals surface area contributed by atoms with Gasteiger partial charge in [0.25, 0.3) is 0 Å². The van der Waals surface area contributed by atoms with Gasteiger partial charge in [0, 0.05) is 38.4 Å². The van der Waals surface area contributed by atoms with E-state index in [0.29, 0.717) is 17.7 Å². The van der Waals surface area contributed by atoms with Crippen LogP contribution in [0.25, 0.3) is 72.2 Å². The molecule has 1 atom stereocenters. The topological polar surface area (TPSA) is 48.5 Å². The van der Waals surface area contributed by atoms with Gasteiger partial charge in [-0.05, 0) is 103 Å². The van der Waals surface area contributed by atoms with Crippen LogP contribution in [0.3, 0.4) is 0 Å². The number of para-hydroxylation sites is 1.